The fourth-order valence-corrected chi connectivity index (χ4v) is 3.93. The van der Waals surface area contributed by atoms with E-state index in [-0.39, 0.29) is 5.91 Å². The predicted octanol–water partition coefficient (Wildman–Crippen LogP) is 4.68. The summed E-state index contributed by atoms with van der Waals surface area (Å²) in [5.74, 6) is 2.24. The second-order valence-electron chi connectivity index (χ2n) is 7.19. The predicted molar refractivity (Wildman–Crippen MR) is 117 cm³/mol. The van der Waals surface area contributed by atoms with Crippen molar-refractivity contribution in [3.05, 3.63) is 54.2 Å². The molecule has 3 heterocycles. The van der Waals surface area contributed by atoms with Gasteiger partial charge in [-0.05, 0) is 41.5 Å². The highest BCUT2D eigenvalue weighted by molar-refractivity contribution is 6.00. The quantitative estimate of drug-likeness (QED) is 0.509. The number of carbonyl (C=O) groups excluding carboxylic acids is 1. The van der Waals surface area contributed by atoms with Crippen molar-refractivity contribution < 1.29 is 23.4 Å². The molecule has 156 valence electrons. The zero-order chi connectivity index (χ0) is 21.5. The van der Waals surface area contributed by atoms with Gasteiger partial charge < -0.3 is 23.9 Å². The number of hydrogen-bond donors (Lipinski definition) is 1. The van der Waals surface area contributed by atoms with Gasteiger partial charge >= 0.3 is 0 Å². The van der Waals surface area contributed by atoms with E-state index in [2.05, 4.69) is 10.3 Å². The maximum Gasteiger partial charge on any atom is 0.228 e. The Morgan fingerprint density at radius 3 is 2.42 bits per heavy atom. The average Bonchev–Trinajstić information content (AvgIpc) is 3.39. The van der Waals surface area contributed by atoms with Crippen LogP contribution in [-0.4, -0.2) is 32.2 Å². The first-order valence-corrected chi connectivity index (χ1v) is 9.73. The van der Waals surface area contributed by atoms with Crippen LogP contribution in [0.5, 0.6) is 17.2 Å². The third-order valence-electron chi connectivity index (χ3n) is 5.40. The van der Waals surface area contributed by atoms with Gasteiger partial charge in [0.1, 0.15) is 11.3 Å². The van der Waals surface area contributed by atoms with Crippen LogP contribution >= 0.6 is 0 Å². The molecule has 4 aromatic rings. The second-order valence-corrected chi connectivity index (χ2v) is 7.19. The van der Waals surface area contributed by atoms with E-state index >= 15 is 0 Å². The molecule has 0 bridgehead atoms. The molecule has 1 amide bonds. The van der Waals surface area contributed by atoms with Crippen molar-refractivity contribution in [2.75, 3.05) is 26.6 Å². The van der Waals surface area contributed by atoms with Crippen molar-refractivity contribution >= 4 is 22.7 Å². The zero-order valence-electron chi connectivity index (χ0n) is 17.3. The van der Waals surface area contributed by atoms with Crippen LogP contribution in [0.25, 0.3) is 33.6 Å². The number of nitrogens with one attached hydrogen (secondary N) is 1. The molecule has 0 saturated heterocycles. The molecule has 5 rings (SSSR count). The topological polar surface area (TPSA) is 82.8 Å². The Bertz CT molecular complexity index is 1300. The standard InChI is InChI=1S/C24H20N2O5/c1-28-20-9-15(10-21(29-2)24(20)30-3)19-12-18-23(31-19)16(6-7-25-18)13-4-5-17-14(8-13)11-22(27)26-17/h4-10,12H,11H2,1-3H3,(H,26,27). The van der Waals surface area contributed by atoms with Gasteiger partial charge in [-0.3, -0.25) is 9.78 Å². The molecule has 0 unspecified atom stereocenters. The van der Waals surface area contributed by atoms with Crippen molar-refractivity contribution in [1.82, 2.24) is 4.98 Å². The van der Waals surface area contributed by atoms with Crippen molar-refractivity contribution in [1.29, 1.82) is 0 Å². The molecule has 0 spiro atoms. The lowest BCUT2D eigenvalue weighted by Gasteiger charge is -2.13. The number of benzene rings is 2. The number of hydrogen-bond acceptors (Lipinski definition) is 6. The highest BCUT2D eigenvalue weighted by Gasteiger charge is 2.20. The molecule has 2 aromatic carbocycles. The van der Waals surface area contributed by atoms with E-state index in [1.54, 1.807) is 27.5 Å². The molecule has 0 radical (unpaired) electrons. The molecule has 0 aliphatic carbocycles. The Morgan fingerprint density at radius 2 is 1.71 bits per heavy atom. The molecule has 0 fully saturated rings. The number of methoxy groups -OCH3 is 3. The lowest BCUT2D eigenvalue weighted by atomic mass is 10.0. The maximum atomic E-state index is 11.7. The number of carbonyl (C=O) groups is 1. The van der Waals surface area contributed by atoms with Crippen LogP contribution in [0.3, 0.4) is 0 Å². The summed E-state index contributed by atoms with van der Waals surface area (Å²) in [5, 5.41) is 2.86. The minimum absolute atomic E-state index is 0.00899. The number of amides is 1. The summed E-state index contributed by atoms with van der Waals surface area (Å²) in [4.78, 5) is 16.2. The molecule has 0 saturated carbocycles. The molecule has 1 aliphatic rings. The Hall–Kier alpha value is -4.00. The summed E-state index contributed by atoms with van der Waals surface area (Å²) >= 11 is 0. The first-order valence-electron chi connectivity index (χ1n) is 9.73. The van der Waals surface area contributed by atoms with Crippen LogP contribution in [0.2, 0.25) is 0 Å². The first-order chi connectivity index (χ1) is 15.1. The van der Waals surface area contributed by atoms with Gasteiger partial charge in [-0.25, -0.2) is 0 Å². The van der Waals surface area contributed by atoms with Crippen LogP contribution in [0, 0.1) is 0 Å². The van der Waals surface area contributed by atoms with Gasteiger partial charge in [-0.1, -0.05) is 6.07 Å². The van der Waals surface area contributed by atoms with Gasteiger partial charge in [-0.15, -0.1) is 0 Å². The molecule has 1 aliphatic heterocycles. The second kappa shape index (κ2) is 7.36. The monoisotopic (exact) mass is 416 g/mol. The minimum atomic E-state index is 0.00899. The Morgan fingerprint density at radius 1 is 0.935 bits per heavy atom. The summed E-state index contributed by atoms with van der Waals surface area (Å²) in [5.41, 5.74) is 5.89. The molecule has 7 heteroatoms. The Kier molecular flexibility index (Phi) is 4.51. The molecular formula is C24H20N2O5. The van der Waals surface area contributed by atoms with E-state index in [1.165, 1.54) is 0 Å². The van der Waals surface area contributed by atoms with Gasteiger partial charge in [0.05, 0.1) is 27.8 Å². The van der Waals surface area contributed by atoms with Crippen LogP contribution in [0.4, 0.5) is 5.69 Å². The van der Waals surface area contributed by atoms with Crippen molar-refractivity contribution in [2.24, 2.45) is 0 Å². The number of aromatic nitrogens is 1. The number of nitrogens with zero attached hydrogens (tertiary/aromatic N) is 1. The normalized spacial score (nSPS) is 12.5. The highest BCUT2D eigenvalue weighted by atomic mass is 16.5. The van der Waals surface area contributed by atoms with E-state index < -0.39 is 0 Å². The van der Waals surface area contributed by atoms with E-state index in [1.807, 2.05) is 42.5 Å². The van der Waals surface area contributed by atoms with E-state index in [0.29, 0.717) is 35.0 Å². The van der Waals surface area contributed by atoms with Gasteiger partial charge in [-0.2, -0.15) is 0 Å². The molecule has 0 atom stereocenters. The van der Waals surface area contributed by atoms with E-state index in [0.717, 1.165) is 33.5 Å². The summed E-state index contributed by atoms with van der Waals surface area (Å²) in [6.45, 7) is 0. The minimum Gasteiger partial charge on any atom is -0.493 e. The number of anilines is 1. The fourth-order valence-electron chi connectivity index (χ4n) is 3.93. The number of fused-ring (bicyclic) bond motifs is 2. The Balaban J connectivity index is 1.63. The molecular weight excluding hydrogens is 396 g/mol. The SMILES string of the molecule is COc1cc(-c2cc3nccc(-c4ccc5c(c4)CC(=O)N5)c3o2)cc(OC)c1OC. The third kappa shape index (κ3) is 3.15. The number of rotatable bonds is 5. The number of ether oxygens (including phenoxy) is 3. The van der Waals surface area contributed by atoms with E-state index in [9.17, 15) is 4.79 Å². The number of pyridine rings is 1. The van der Waals surface area contributed by atoms with Crippen LogP contribution in [0.1, 0.15) is 5.56 Å². The van der Waals surface area contributed by atoms with Gasteiger partial charge in [0.15, 0.2) is 17.1 Å². The molecule has 1 N–H and O–H groups in total. The summed E-state index contributed by atoms with van der Waals surface area (Å²) < 4.78 is 22.6. The smallest absolute Gasteiger partial charge is 0.228 e. The highest BCUT2D eigenvalue weighted by Crippen LogP contribution is 2.43. The largest absolute Gasteiger partial charge is 0.493 e. The van der Waals surface area contributed by atoms with Crippen LogP contribution in [0.15, 0.2) is 53.1 Å². The zero-order valence-corrected chi connectivity index (χ0v) is 17.3. The summed E-state index contributed by atoms with van der Waals surface area (Å²) in [7, 11) is 4.72. The van der Waals surface area contributed by atoms with Gasteiger partial charge in [0.2, 0.25) is 11.7 Å². The van der Waals surface area contributed by atoms with Gasteiger partial charge in [0, 0.05) is 29.1 Å². The van der Waals surface area contributed by atoms with Crippen LogP contribution in [-0.2, 0) is 11.2 Å². The molecule has 7 nitrogen and oxygen atoms in total. The molecule has 2 aromatic heterocycles. The number of furan rings is 1. The lowest BCUT2D eigenvalue weighted by Crippen LogP contribution is -2.03. The van der Waals surface area contributed by atoms with Crippen molar-refractivity contribution in [2.45, 2.75) is 6.42 Å². The van der Waals surface area contributed by atoms with Crippen LogP contribution < -0.4 is 19.5 Å². The molecule has 31 heavy (non-hydrogen) atoms. The summed E-state index contributed by atoms with van der Waals surface area (Å²) in [6.07, 6.45) is 2.13. The third-order valence-corrected chi connectivity index (χ3v) is 5.40. The maximum absolute atomic E-state index is 11.7. The van der Waals surface area contributed by atoms with E-state index in [4.69, 9.17) is 18.6 Å². The Labute approximate surface area is 178 Å². The lowest BCUT2D eigenvalue weighted by molar-refractivity contribution is -0.115. The van der Waals surface area contributed by atoms with Crippen molar-refractivity contribution in [3.8, 4) is 39.7 Å². The van der Waals surface area contributed by atoms with Crippen molar-refractivity contribution in [3.63, 3.8) is 0 Å². The first kappa shape index (κ1) is 19.0. The summed E-state index contributed by atoms with van der Waals surface area (Å²) in [6, 6.07) is 13.4. The fraction of sp³-hybridized carbons (Fsp3) is 0.167. The van der Waals surface area contributed by atoms with Gasteiger partial charge in [0.25, 0.3) is 0 Å². The average molecular weight is 416 g/mol.